The minimum Gasteiger partial charge on any atom is -0.490 e. The number of hydrogen-bond donors (Lipinski definition) is 1. The number of rotatable bonds is 6. The number of aryl methyl sites for hydroxylation is 1. The van der Waals surface area contributed by atoms with Crippen molar-refractivity contribution in [3.63, 3.8) is 0 Å². The molecular weight excluding hydrogens is 384 g/mol. The van der Waals surface area contributed by atoms with E-state index in [1.54, 1.807) is 0 Å². The lowest BCUT2D eigenvalue weighted by atomic mass is 10.2. The average molecular weight is 407 g/mol. The number of para-hydroxylation sites is 1. The summed E-state index contributed by atoms with van der Waals surface area (Å²) in [5, 5.41) is 4.82. The predicted molar refractivity (Wildman–Crippen MR) is 116 cm³/mol. The Kier molecular flexibility index (Phi) is 5.36. The van der Waals surface area contributed by atoms with Gasteiger partial charge in [0.1, 0.15) is 15.6 Å². The van der Waals surface area contributed by atoms with Crippen LogP contribution in [0.15, 0.2) is 59.0 Å². The molecule has 0 radical (unpaired) electrons. The molecular formula is C23H22N2O3S. The normalized spacial score (nSPS) is 12.1. The zero-order valence-electron chi connectivity index (χ0n) is 16.6. The van der Waals surface area contributed by atoms with E-state index in [1.165, 1.54) is 11.3 Å². The quantitative estimate of drug-likeness (QED) is 0.442. The summed E-state index contributed by atoms with van der Waals surface area (Å²) >= 11 is 1.40. The summed E-state index contributed by atoms with van der Waals surface area (Å²) < 4.78 is 11.6. The molecule has 4 aromatic rings. The molecule has 0 bridgehead atoms. The molecule has 0 spiro atoms. The van der Waals surface area contributed by atoms with E-state index in [1.807, 2.05) is 75.4 Å². The predicted octanol–water partition coefficient (Wildman–Crippen LogP) is 5.75. The van der Waals surface area contributed by atoms with Gasteiger partial charge in [-0.25, -0.2) is 4.98 Å². The first kappa shape index (κ1) is 19.2. The average Bonchev–Trinajstić information content (AvgIpc) is 3.33. The van der Waals surface area contributed by atoms with Crippen molar-refractivity contribution < 1.29 is 13.9 Å². The second-order valence-electron chi connectivity index (χ2n) is 6.75. The van der Waals surface area contributed by atoms with Crippen LogP contribution in [-0.2, 0) is 0 Å². The number of nitrogens with zero attached hydrogens (tertiary/aromatic N) is 1. The van der Waals surface area contributed by atoms with Crippen molar-refractivity contribution in [3.8, 4) is 16.3 Å². The summed E-state index contributed by atoms with van der Waals surface area (Å²) in [7, 11) is 0. The van der Waals surface area contributed by atoms with E-state index in [9.17, 15) is 4.79 Å². The van der Waals surface area contributed by atoms with E-state index in [0.29, 0.717) is 28.6 Å². The first-order chi connectivity index (χ1) is 14.1. The number of thiazole rings is 1. The van der Waals surface area contributed by atoms with Crippen molar-refractivity contribution >= 4 is 28.2 Å². The molecule has 1 amide bonds. The fraction of sp³-hybridized carbons (Fsp3) is 0.217. The number of ether oxygens (including phenoxy) is 1. The molecule has 2 heterocycles. The van der Waals surface area contributed by atoms with Crippen LogP contribution in [0.25, 0.3) is 21.5 Å². The first-order valence-electron chi connectivity index (χ1n) is 9.55. The number of carbonyl (C=O) groups is 1. The van der Waals surface area contributed by atoms with Crippen LogP contribution in [-0.4, -0.2) is 17.5 Å². The molecule has 1 unspecified atom stereocenters. The van der Waals surface area contributed by atoms with E-state index in [4.69, 9.17) is 9.15 Å². The maximum absolute atomic E-state index is 12.9. The van der Waals surface area contributed by atoms with Crippen molar-refractivity contribution in [1.82, 2.24) is 10.3 Å². The Balaban J connectivity index is 1.55. The van der Waals surface area contributed by atoms with Crippen LogP contribution in [0.3, 0.4) is 0 Å². The lowest BCUT2D eigenvalue weighted by Crippen LogP contribution is -2.26. The maximum Gasteiger partial charge on any atom is 0.263 e. The Morgan fingerprint density at radius 2 is 2.00 bits per heavy atom. The fourth-order valence-corrected chi connectivity index (χ4v) is 4.16. The number of hydrogen-bond acceptors (Lipinski definition) is 5. The first-order valence-corrected chi connectivity index (χ1v) is 10.4. The van der Waals surface area contributed by atoms with E-state index in [0.717, 1.165) is 21.7 Å². The molecule has 0 aliphatic carbocycles. The molecule has 2 aromatic heterocycles. The van der Waals surface area contributed by atoms with Crippen molar-refractivity contribution in [1.29, 1.82) is 0 Å². The van der Waals surface area contributed by atoms with Gasteiger partial charge in [-0.05, 0) is 32.9 Å². The van der Waals surface area contributed by atoms with Gasteiger partial charge in [0, 0.05) is 10.9 Å². The van der Waals surface area contributed by atoms with E-state index < -0.39 is 0 Å². The number of aromatic nitrogens is 1. The zero-order valence-corrected chi connectivity index (χ0v) is 17.4. The van der Waals surface area contributed by atoms with Crippen LogP contribution >= 0.6 is 11.3 Å². The molecule has 5 nitrogen and oxygen atoms in total. The van der Waals surface area contributed by atoms with Gasteiger partial charge in [-0.15, -0.1) is 11.3 Å². The minimum absolute atomic E-state index is 0.153. The molecule has 29 heavy (non-hydrogen) atoms. The molecule has 6 heteroatoms. The number of carbonyl (C=O) groups excluding carboxylic acids is 1. The summed E-state index contributed by atoms with van der Waals surface area (Å²) in [4.78, 5) is 18.1. The highest BCUT2D eigenvalue weighted by molar-refractivity contribution is 7.17. The Bertz CT molecular complexity index is 1150. The maximum atomic E-state index is 12.9. The van der Waals surface area contributed by atoms with Gasteiger partial charge in [-0.2, -0.15) is 0 Å². The van der Waals surface area contributed by atoms with E-state index >= 15 is 0 Å². The summed E-state index contributed by atoms with van der Waals surface area (Å²) in [6, 6.07) is 17.3. The van der Waals surface area contributed by atoms with Crippen LogP contribution in [0.4, 0.5) is 0 Å². The molecule has 0 fully saturated rings. The molecule has 148 valence electrons. The smallest absolute Gasteiger partial charge is 0.263 e. The minimum atomic E-state index is -0.286. The summed E-state index contributed by atoms with van der Waals surface area (Å²) in [5.74, 6) is 1.24. The highest BCUT2D eigenvalue weighted by Gasteiger charge is 2.21. The highest BCUT2D eigenvalue weighted by atomic mass is 32.1. The summed E-state index contributed by atoms with van der Waals surface area (Å²) in [6.07, 6.45) is 0. The lowest BCUT2D eigenvalue weighted by molar-refractivity contribution is 0.0939. The van der Waals surface area contributed by atoms with Gasteiger partial charge in [0.05, 0.1) is 18.3 Å². The Morgan fingerprint density at radius 1 is 1.21 bits per heavy atom. The number of furan rings is 1. The third-order valence-corrected chi connectivity index (χ3v) is 5.83. The van der Waals surface area contributed by atoms with Crippen LogP contribution in [0, 0.1) is 6.92 Å². The molecule has 0 saturated carbocycles. The Morgan fingerprint density at radius 3 is 2.76 bits per heavy atom. The third-order valence-electron chi connectivity index (χ3n) is 4.62. The van der Waals surface area contributed by atoms with Crippen molar-refractivity contribution in [2.75, 3.05) is 6.61 Å². The topological polar surface area (TPSA) is 64.4 Å². The van der Waals surface area contributed by atoms with Crippen molar-refractivity contribution in [3.05, 3.63) is 70.9 Å². The lowest BCUT2D eigenvalue weighted by Gasteiger charge is -2.10. The second-order valence-corrected chi connectivity index (χ2v) is 7.75. The van der Waals surface area contributed by atoms with Gasteiger partial charge in [-0.3, -0.25) is 4.79 Å². The number of amides is 1. The Hall–Kier alpha value is -3.12. The number of nitrogens with one attached hydrogen (secondary N) is 1. The third kappa shape index (κ3) is 3.89. The molecule has 1 atom stereocenters. The highest BCUT2D eigenvalue weighted by Crippen LogP contribution is 2.32. The SMILES string of the molecule is CCOc1cccc2cc(C(C)NC(=O)c3sc(-c4ccccc4)nc3C)oc12. The molecule has 0 aliphatic heterocycles. The van der Waals surface area contributed by atoms with Gasteiger partial charge < -0.3 is 14.5 Å². The summed E-state index contributed by atoms with van der Waals surface area (Å²) in [5.41, 5.74) is 2.43. The zero-order chi connectivity index (χ0) is 20.4. The second kappa shape index (κ2) is 8.09. The standard InChI is InChI=1S/C23H22N2O3S/c1-4-27-18-12-8-11-17-13-19(28-20(17)18)14(2)24-22(26)21-15(3)25-23(29-21)16-9-6-5-7-10-16/h5-14H,4H2,1-3H3,(H,24,26). The summed E-state index contributed by atoms with van der Waals surface area (Å²) in [6.45, 7) is 6.27. The number of benzene rings is 2. The van der Waals surface area contributed by atoms with Crippen molar-refractivity contribution in [2.24, 2.45) is 0 Å². The van der Waals surface area contributed by atoms with Crippen LogP contribution in [0.1, 0.15) is 41.0 Å². The van der Waals surface area contributed by atoms with Gasteiger partial charge in [0.2, 0.25) is 0 Å². The van der Waals surface area contributed by atoms with Crippen LogP contribution in [0.5, 0.6) is 5.75 Å². The molecule has 0 saturated heterocycles. The largest absolute Gasteiger partial charge is 0.490 e. The molecule has 0 aliphatic rings. The van der Waals surface area contributed by atoms with Crippen LogP contribution in [0.2, 0.25) is 0 Å². The van der Waals surface area contributed by atoms with Gasteiger partial charge in [-0.1, -0.05) is 42.5 Å². The molecule has 2 aromatic carbocycles. The van der Waals surface area contributed by atoms with Crippen molar-refractivity contribution in [2.45, 2.75) is 26.8 Å². The number of fused-ring (bicyclic) bond motifs is 1. The van der Waals surface area contributed by atoms with Gasteiger partial charge >= 0.3 is 0 Å². The van der Waals surface area contributed by atoms with Gasteiger partial charge in [0.25, 0.3) is 5.91 Å². The fourth-order valence-electron chi connectivity index (χ4n) is 3.18. The Labute approximate surface area is 173 Å². The molecule has 4 rings (SSSR count). The van der Waals surface area contributed by atoms with E-state index in [2.05, 4.69) is 10.3 Å². The van der Waals surface area contributed by atoms with E-state index in [-0.39, 0.29) is 11.9 Å². The van der Waals surface area contributed by atoms with Crippen LogP contribution < -0.4 is 10.1 Å². The van der Waals surface area contributed by atoms with Gasteiger partial charge in [0.15, 0.2) is 11.3 Å². The molecule has 1 N–H and O–H groups in total. The monoisotopic (exact) mass is 406 g/mol.